The lowest BCUT2D eigenvalue weighted by molar-refractivity contribution is 0.160. The molecule has 0 bridgehead atoms. The Balaban J connectivity index is 0.000000770. The lowest BCUT2D eigenvalue weighted by atomic mass is 10.3. The monoisotopic (exact) mass is 250 g/mol. The van der Waals surface area contributed by atoms with Crippen LogP contribution in [0.4, 0.5) is 0 Å². The number of allylic oxidation sites excluding steroid dienone is 3. The number of rotatable bonds is 6. The molecule has 0 aliphatic heterocycles. The fraction of sp³-hybridized carbons (Fsp3) is 0.333. The first-order valence-electron chi connectivity index (χ1n) is 5.70. The first-order chi connectivity index (χ1) is 8.24. The topological polar surface area (TPSA) is 9.23 Å². The van der Waals surface area contributed by atoms with Gasteiger partial charge in [-0.2, -0.15) is 0 Å². The second-order valence-electron chi connectivity index (χ2n) is 3.54. The molecule has 0 spiro atoms. The fourth-order valence-corrected chi connectivity index (χ4v) is 1.80. The molecule has 0 saturated carbocycles. The number of ether oxygens (including phenoxy) is 1. The van der Waals surface area contributed by atoms with E-state index in [1.54, 1.807) is 23.5 Å². The maximum absolute atomic E-state index is 5.51. The van der Waals surface area contributed by atoms with Crippen LogP contribution in [0, 0.1) is 0 Å². The van der Waals surface area contributed by atoms with Crippen LogP contribution >= 0.6 is 11.3 Å². The molecule has 0 aliphatic rings. The predicted octanol–water partition coefficient (Wildman–Crippen LogP) is 4.63. The Morgan fingerprint density at radius 3 is 2.71 bits per heavy atom. The van der Waals surface area contributed by atoms with Crippen molar-refractivity contribution in [1.29, 1.82) is 0 Å². The molecule has 0 aliphatic carbocycles. The van der Waals surface area contributed by atoms with Gasteiger partial charge in [-0.15, -0.1) is 17.9 Å². The van der Waals surface area contributed by atoms with E-state index < -0.39 is 0 Å². The molecule has 0 unspecified atom stereocenters. The van der Waals surface area contributed by atoms with Gasteiger partial charge in [0.1, 0.15) is 0 Å². The van der Waals surface area contributed by atoms with Crippen LogP contribution in [0.25, 0.3) is 0 Å². The van der Waals surface area contributed by atoms with Crippen molar-refractivity contribution in [3.63, 3.8) is 0 Å². The van der Waals surface area contributed by atoms with E-state index >= 15 is 0 Å². The summed E-state index contributed by atoms with van der Waals surface area (Å²) in [4.78, 5) is 1.38. The van der Waals surface area contributed by atoms with E-state index in [-0.39, 0.29) is 0 Å². The standard InChI is InChI=1S/C12H16OS.C3H6/c1-3-5-11(2)10-13-8-7-12-6-4-9-14-12;1-3-2/h3-6,9H,1,7-8,10H2,2H3;3H,1H2,2H3/b11-5+;. The normalized spacial score (nSPS) is 10.4. The maximum atomic E-state index is 5.51. The quantitative estimate of drug-likeness (QED) is 0.406. The summed E-state index contributed by atoms with van der Waals surface area (Å²) in [6, 6.07) is 4.21. The van der Waals surface area contributed by atoms with E-state index in [9.17, 15) is 0 Å². The van der Waals surface area contributed by atoms with Gasteiger partial charge in [0.15, 0.2) is 0 Å². The van der Waals surface area contributed by atoms with Crippen LogP contribution in [0.3, 0.4) is 0 Å². The first-order valence-corrected chi connectivity index (χ1v) is 6.58. The van der Waals surface area contributed by atoms with Crippen molar-refractivity contribution in [3.8, 4) is 0 Å². The van der Waals surface area contributed by atoms with Crippen molar-refractivity contribution in [2.45, 2.75) is 20.3 Å². The van der Waals surface area contributed by atoms with Gasteiger partial charge in [-0.3, -0.25) is 0 Å². The summed E-state index contributed by atoms with van der Waals surface area (Å²) in [5, 5.41) is 2.10. The second-order valence-corrected chi connectivity index (χ2v) is 4.57. The average Bonchev–Trinajstić information content (AvgIpc) is 2.79. The molecule has 0 radical (unpaired) electrons. The van der Waals surface area contributed by atoms with Gasteiger partial charge in [-0.1, -0.05) is 30.9 Å². The summed E-state index contributed by atoms with van der Waals surface area (Å²) < 4.78 is 5.51. The molecule has 1 heterocycles. The SMILES string of the molecule is C=C/C=C(\C)COCCc1cccs1.C=CC. The van der Waals surface area contributed by atoms with E-state index in [0.29, 0.717) is 6.61 Å². The summed E-state index contributed by atoms with van der Waals surface area (Å²) in [5.41, 5.74) is 1.21. The van der Waals surface area contributed by atoms with E-state index in [1.165, 1.54) is 10.5 Å². The largest absolute Gasteiger partial charge is 0.377 e. The molecule has 0 N–H and O–H groups in total. The summed E-state index contributed by atoms with van der Waals surface area (Å²) in [6.07, 6.45) is 6.53. The van der Waals surface area contributed by atoms with Gasteiger partial charge in [0.25, 0.3) is 0 Å². The van der Waals surface area contributed by atoms with Gasteiger partial charge >= 0.3 is 0 Å². The molecular weight excluding hydrogens is 228 g/mol. The first kappa shape index (κ1) is 15.9. The van der Waals surface area contributed by atoms with Gasteiger partial charge in [0.2, 0.25) is 0 Å². The van der Waals surface area contributed by atoms with Crippen LogP contribution in [-0.2, 0) is 11.2 Å². The molecule has 0 saturated heterocycles. The van der Waals surface area contributed by atoms with Crippen molar-refractivity contribution in [2.24, 2.45) is 0 Å². The third-order valence-corrected chi connectivity index (χ3v) is 2.74. The Hall–Kier alpha value is -1.12. The van der Waals surface area contributed by atoms with Crippen LogP contribution in [0.15, 0.2) is 54.5 Å². The molecule has 1 rings (SSSR count). The third-order valence-electron chi connectivity index (χ3n) is 1.81. The Morgan fingerprint density at radius 1 is 1.47 bits per heavy atom. The minimum absolute atomic E-state index is 0.706. The van der Waals surface area contributed by atoms with Crippen LogP contribution in [0.1, 0.15) is 18.7 Å². The Bertz CT molecular complexity index is 323. The number of hydrogen-bond acceptors (Lipinski definition) is 2. The molecule has 0 atom stereocenters. The maximum Gasteiger partial charge on any atom is 0.0677 e. The van der Waals surface area contributed by atoms with Crippen molar-refractivity contribution < 1.29 is 4.74 Å². The molecule has 0 fully saturated rings. The smallest absolute Gasteiger partial charge is 0.0677 e. The van der Waals surface area contributed by atoms with Crippen molar-refractivity contribution >= 4 is 11.3 Å². The highest BCUT2D eigenvalue weighted by Gasteiger charge is 1.94. The Morgan fingerprint density at radius 2 is 2.18 bits per heavy atom. The fourth-order valence-electron chi connectivity index (χ4n) is 1.11. The van der Waals surface area contributed by atoms with Crippen molar-refractivity contribution in [1.82, 2.24) is 0 Å². The van der Waals surface area contributed by atoms with Gasteiger partial charge in [-0.25, -0.2) is 0 Å². The van der Waals surface area contributed by atoms with Crippen molar-refractivity contribution in [3.05, 3.63) is 59.3 Å². The zero-order valence-electron chi connectivity index (χ0n) is 10.8. The third kappa shape index (κ3) is 9.79. The van der Waals surface area contributed by atoms with Gasteiger partial charge in [0.05, 0.1) is 13.2 Å². The molecule has 2 heteroatoms. The predicted molar refractivity (Wildman–Crippen MR) is 78.7 cm³/mol. The zero-order chi connectivity index (χ0) is 12.9. The van der Waals surface area contributed by atoms with Crippen LogP contribution in [0.2, 0.25) is 0 Å². The van der Waals surface area contributed by atoms with Crippen LogP contribution < -0.4 is 0 Å². The van der Waals surface area contributed by atoms with E-state index in [4.69, 9.17) is 4.74 Å². The summed E-state index contributed by atoms with van der Waals surface area (Å²) in [7, 11) is 0. The summed E-state index contributed by atoms with van der Waals surface area (Å²) in [6.45, 7) is 12.4. The highest BCUT2D eigenvalue weighted by molar-refractivity contribution is 7.09. The molecule has 0 aromatic carbocycles. The highest BCUT2D eigenvalue weighted by atomic mass is 32.1. The lowest BCUT2D eigenvalue weighted by Gasteiger charge is -2.02. The molecule has 17 heavy (non-hydrogen) atoms. The van der Waals surface area contributed by atoms with Crippen molar-refractivity contribution in [2.75, 3.05) is 13.2 Å². The molecule has 1 aromatic rings. The van der Waals surface area contributed by atoms with E-state index in [1.807, 2.05) is 19.9 Å². The molecule has 1 nitrogen and oxygen atoms in total. The van der Waals surface area contributed by atoms with E-state index in [0.717, 1.165) is 13.0 Å². The Kier molecular flexibility index (Phi) is 10.6. The highest BCUT2D eigenvalue weighted by Crippen LogP contribution is 2.09. The molecular formula is C15H22OS. The lowest BCUT2D eigenvalue weighted by Crippen LogP contribution is -1.99. The molecule has 1 aromatic heterocycles. The van der Waals surface area contributed by atoms with Crippen LogP contribution in [-0.4, -0.2) is 13.2 Å². The van der Waals surface area contributed by atoms with Gasteiger partial charge < -0.3 is 4.74 Å². The molecule has 94 valence electrons. The second kappa shape index (κ2) is 11.4. The number of hydrogen-bond donors (Lipinski definition) is 0. The Labute approximate surface area is 109 Å². The summed E-state index contributed by atoms with van der Waals surface area (Å²) >= 11 is 1.78. The summed E-state index contributed by atoms with van der Waals surface area (Å²) in [5.74, 6) is 0. The van der Waals surface area contributed by atoms with Gasteiger partial charge in [0, 0.05) is 11.3 Å². The van der Waals surface area contributed by atoms with E-state index in [2.05, 4.69) is 30.7 Å². The zero-order valence-corrected chi connectivity index (χ0v) is 11.6. The molecule has 0 amide bonds. The number of thiophene rings is 1. The van der Waals surface area contributed by atoms with Gasteiger partial charge in [-0.05, 0) is 30.9 Å². The minimum Gasteiger partial charge on any atom is -0.377 e. The minimum atomic E-state index is 0.706. The van der Waals surface area contributed by atoms with Crippen LogP contribution in [0.5, 0.6) is 0 Å². The average molecular weight is 250 g/mol.